The summed E-state index contributed by atoms with van der Waals surface area (Å²) >= 11 is 0. The van der Waals surface area contributed by atoms with Crippen molar-refractivity contribution in [3.05, 3.63) is 65.7 Å². The van der Waals surface area contributed by atoms with Crippen LogP contribution in [-0.2, 0) is 6.18 Å². The van der Waals surface area contributed by atoms with Gasteiger partial charge in [0, 0.05) is 20.1 Å². The van der Waals surface area contributed by atoms with E-state index in [1.807, 2.05) is 11.9 Å². The Morgan fingerprint density at radius 3 is 2.63 bits per heavy atom. The van der Waals surface area contributed by atoms with Gasteiger partial charge in [-0.25, -0.2) is 9.07 Å². The Morgan fingerprint density at radius 2 is 1.87 bits per heavy atom. The van der Waals surface area contributed by atoms with Crippen LogP contribution in [0.1, 0.15) is 22.5 Å². The molecule has 0 bridgehead atoms. The van der Waals surface area contributed by atoms with Crippen molar-refractivity contribution in [2.45, 2.75) is 12.6 Å². The summed E-state index contributed by atoms with van der Waals surface area (Å²) in [6.45, 7) is 1.02. The molecule has 0 saturated heterocycles. The van der Waals surface area contributed by atoms with E-state index in [-0.39, 0.29) is 11.4 Å². The number of halogens is 4. The molecule has 0 N–H and O–H groups in total. The van der Waals surface area contributed by atoms with Crippen LogP contribution in [0.2, 0.25) is 0 Å². The zero-order chi connectivity index (χ0) is 21.5. The molecule has 6 nitrogen and oxygen atoms in total. The lowest BCUT2D eigenvalue weighted by Crippen LogP contribution is -2.31. The van der Waals surface area contributed by atoms with Crippen LogP contribution < -0.4 is 9.80 Å². The number of rotatable bonds is 2. The first-order valence-electron chi connectivity index (χ1n) is 9.16. The Hall–Kier alpha value is -3.43. The normalized spacial score (nSPS) is 14.4. The van der Waals surface area contributed by atoms with Crippen LogP contribution in [0, 0.1) is 5.82 Å². The largest absolute Gasteiger partial charge is 0.416 e. The second-order valence-electron chi connectivity index (χ2n) is 6.96. The van der Waals surface area contributed by atoms with Crippen LogP contribution >= 0.6 is 0 Å². The summed E-state index contributed by atoms with van der Waals surface area (Å²) in [4.78, 5) is 16.4. The van der Waals surface area contributed by atoms with Crippen molar-refractivity contribution in [2.75, 3.05) is 29.9 Å². The van der Waals surface area contributed by atoms with E-state index >= 15 is 0 Å². The molecule has 2 aromatic carbocycles. The van der Waals surface area contributed by atoms with Crippen molar-refractivity contribution in [1.82, 2.24) is 15.0 Å². The molecule has 1 aliphatic heterocycles. The van der Waals surface area contributed by atoms with E-state index in [1.54, 1.807) is 0 Å². The Kier molecular flexibility index (Phi) is 4.92. The molecule has 1 aromatic heterocycles. The lowest BCUT2D eigenvalue weighted by molar-refractivity contribution is -0.137. The number of anilines is 2. The summed E-state index contributed by atoms with van der Waals surface area (Å²) in [5.41, 5.74) is 0.401. The van der Waals surface area contributed by atoms with Crippen molar-refractivity contribution >= 4 is 17.3 Å². The molecule has 1 amide bonds. The van der Waals surface area contributed by atoms with Crippen molar-refractivity contribution in [1.29, 1.82) is 0 Å². The van der Waals surface area contributed by atoms with Gasteiger partial charge in [-0.2, -0.15) is 13.2 Å². The molecule has 0 atom stereocenters. The molecule has 10 heteroatoms. The molecule has 0 spiro atoms. The zero-order valence-electron chi connectivity index (χ0n) is 15.9. The number of alkyl halides is 3. The van der Waals surface area contributed by atoms with Gasteiger partial charge in [0.1, 0.15) is 5.82 Å². The molecule has 0 fully saturated rings. The van der Waals surface area contributed by atoms with Crippen molar-refractivity contribution in [2.24, 2.45) is 0 Å². The number of hydrogen-bond acceptors (Lipinski definition) is 4. The van der Waals surface area contributed by atoms with Crippen LogP contribution in [0.4, 0.5) is 28.9 Å². The maximum absolute atomic E-state index is 13.7. The van der Waals surface area contributed by atoms with E-state index in [0.717, 1.165) is 16.8 Å². The lowest BCUT2D eigenvalue weighted by Gasteiger charge is -2.23. The van der Waals surface area contributed by atoms with Crippen LogP contribution in [0.3, 0.4) is 0 Å². The van der Waals surface area contributed by atoms with Gasteiger partial charge in [-0.15, -0.1) is 5.10 Å². The number of fused-ring (bicyclic) bond motifs is 1. The molecular weight excluding hydrogens is 402 g/mol. The van der Waals surface area contributed by atoms with Gasteiger partial charge in [0.15, 0.2) is 5.69 Å². The highest BCUT2D eigenvalue weighted by molar-refractivity contribution is 6.06. The van der Waals surface area contributed by atoms with E-state index in [0.29, 0.717) is 30.9 Å². The molecule has 30 heavy (non-hydrogen) atoms. The molecule has 1 aliphatic rings. The quantitative estimate of drug-likeness (QED) is 0.591. The highest BCUT2D eigenvalue weighted by Crippen LogP contribution is 2.33. The first-order chi connectivity index (χ1) is 14.2. The smallest absolute Gasteiger partial charge is 0.373 e. The van der Waals surface area contributed by atoms with Gasteiger partial charge in [-0.05, 0) is 42.8 Å². The van der Waals surface area contributed by atoms with Gasteiger partial charge in [-0.1, -0.05) is 11.3 Å². The minimum absolute atomic E-state index is 0.0211. The number of aromatic nitrogens is 3. The Morgan fingerprint density at radius 1 is 1.07 bits per heavy atom. The third-order valence-electron chi connectivity index (χ3n) is 4.91. The molecule has 0 aliphatic carbocycles. The Bertz CT molecular complexity index is 1090. The number of nitrogens with zero attached hydrogens (tertiary/aromatic N) is 5. The van der Waals surface area contributed by atoms with E-state index in [9.17, 15) is 22.4 Å². The Labute approximate surface area is 169 Å². The number of hydrogen-bond donors (Lipinski definition) is 0. The molecule has 0 unspecified atom stereocenters. The predicted molar refractivity (Wildman–Crippen MR) is 102 cm³/mol. The summed E-state index contributed by atoms with van der Waals surface area (Å²) < 4.78 is 53.7. The average Bonchev–Trinajstić information content (AvgIpc) is 3.15. The second-order valence-corrected chi connectivity index (χ2v) is 6.96. The van der Waals surface area contributed by atoms with Crippen molar-refractivity contribution in [3.8, 4) is 5.69 Å². The Balaban J connectivity index is 1.66. The minimum Gasteiger partial charge on any atom is -0.373 e. The van der Waals surface area contributed by atoms with E-state index in [1.165, 1.54) is 41.4 Å². The van der Waals surface area contributed by atoms with Gasteiger partial charge in [-0.3, -0.25) is 4.79 Å². The summed E-state index contributed by atoms with van der Waals surface area (Å²) in [5.74, 6) is -0.873. The predicted octanol–water partition coefficient (Wildman–Crippen LogP) is 3.91. The highest BCUT2D eigenvalue weighted by atomic mass is 19.4. The van der Waals surface area contributed by atoms with Crippen LogP contribution in [0.25, 0.3) is 5.69 Å². The van der Waals surface area contributed by atoms with Gasteiger partial charge >= 0.3 is 6.18 Å². The molecule has 4 rings (SSSR count). The average molecular weight is 419 g/mol. The summed E-state index contributed by atoms with van der Waals surface area (Å²) in [5, 5.41) is 7.67. The second kappa shape index (κ2) is 7.43. The van der Waals surface area contributed by atoms with Gasteiger partial charge in [0.25, 0.3) is 5.91 Å². The van der Waals surface area contributed by atoms with E-state index < -0.39 is 23.5 Å². The highest BCUT2D eigenvalue weighted by Gasteiger charge is 2.31. The molecule has 2 heterocycles. The first kappa shape index (κ1) is 19.9. The van der Waals surface area contributed by atoms with Crippen molar-refractivity contribution in [3.63, 3.8) is 0 Å². The van der Waals surface area contributed by atoms with Gasteiger partial charge in [0.05, 0.1) is 28.8 Å². The van der Waals surface area contributed by atoms with Crippen LogP contribution in [0.5, 0.6) is 0 Å². The van der Waals surface area contributed by atoms with Crippen LogP contribution in [-0.4, -0.2) is 41.0 Å². The third kappa shape index (κ3) is 3.72. The maximum Gasteiger partial charge on any atom is 0.416 e. The molecule has 156 valence electrons. The fourth-order valence-electron chi connectivity index (χ4n) is 3.40. The maximum atomic E-state index is 13.7. The topological polar surface area (TPSA) is 54.3 Å². The first-order valence-corrected chi connectivity index (χ1v) is 9.16. The summed E-state index contributed by atoms with van der Waals surface area (Å²) in [6, 6.07) is 8.76. The molecule has 0 saturated carbocycles. The molecule has 0 radical (unpaired) electrons. The van der Waals surface area contributed by atoms with Crippen molar-refractivity contribution < 1.29 is 22.4 Å². The van der Waals surface area contributed by atoms with Gasteiger partial charge in [0.2, 0.25) is 0 Å². The monoisotopic (exact) mass is 419 g/mol. The van der Waals surface area contributed by atoms with Gasteiger partial charge < -0.3 is 9.80 Å². The zero-order valence-corrected chi connectivity index (χ0v) is 15.9. The molecule has 3 aromatic rings. The van der Waals surface area contributed by atoms with E-state index in [4.69, 9.17) is 0 Å². The SMILES string of the molecule is CN1CCCN(C(=O)c2cn(-c3cccc(C(F)(F)F)c3)nn2)c2ccc(F)cc21. The number of carbonyl (C=O) groups excluding carboxylic acids is 1. The fourth-order valence-corrected chi connectivity index (χ4v) is 3.40. The third-order valence-corrected chi connectivity index (χ3v) is 4.91. The van der Waals surface area contributed by atoms with E-state index in [2.05, 4.69) is 10.3 Å². The standard InChI is InChI=1S/C20H17F4N5O/c1-27-8-3-9-28(17-7-6-14(21)11-18(17)27)19(30)16-12-29(26-25-16)15-5-2-4-13(10-15)20(22,23)24/h2,4-7,10-12H,3,8-9H2,1H3. The number of benzene rings is 2. The summed E-state index contributed by atoms with van der Waals surface area (Å²) in [6.07, 6.45) is -2.55. The number of amides is 1. The lowest BCUT2D eigenvalue weighted by atomic mass is 10.2. The minimum atomic E-state index is -4.49. The molecular formula is C20H17F4N5O. The number of carbonyl (C=O) groups is 1. The fraction of sp³-hybridized carbons (Fsp3) is 0.250. The van der Waals surface area contributed by atoms with Crippen LogP contribution in [0.15, 0.2) is 48.7 Å². The summed E-state index contributed by atoms with van der Waals surface area (Å²) in [7, 11) is 1.82.